The van der Waals surface area contributed by atoms with Crippen LogP contribution in [0.1, 0.15) is 18.4 Å². The van der Waals surface area contributed by atoms with Crippen LogP contribution in [0.3, 0.4) is 0 Å². The number of ether oxygens (including phenoxy) is 2. The third kappa shape index (κ3) is 4.68. The fourth-order valence-corrected chi connectivity index (χ4v) is 4.89. The molecule has 2 N–H and O–H groups in total. The van der Waals surface area contributed by atoms with E-state index in [0.29, 0.717) is 39.9 Å². The number of halogens is 2. The van der Waals surface area contributed by atoms with Crippen LogP contribution >= 0.6 is 23.2 Å². The molecule has 0 bridgehead atoms. The van der Waals surface area contributed by atoms with Crippen molar-refractivity contribution in [1.82, 2.24) is 9.97 Å². The first kappa shape index (κ1) is 25.6. The lowest BCUT2D eigenvalue weighted by Crippen LogP contribution is -2.49. The molecule has 2 aliphatic rings. The summed E-state index contributed by atoms with van der Waals surface area (Å²) in [5.41, 5.74) is 2.13. The van der Waals surface area contributed by atoms with Gasteiger partial charge >= 0.3 is 6.03 Å². The number of anilines is 5. The molecule has 2 aromatic carbocycles. The van der Waals surface area contributed by atoms with E-state index in [1.54, 1.807) is 35.4 Å². The first-order chi connectivity index (χ1) is 18.4. The van der Waals surface area contributed by atoms with Crippen molar-refractivity contribution in [1.29, 1.82) is 0 Å². The Morgan fingerprint density at radius 1 is 1.13 bits per heavy atom. The molecule has 3 aromatic rings. The molecule has 38 heavy (non-hydrogen) atoms. The predicted octanol–water partition coefficient (Wildman–Crippen LogP) is 5.78. The number of aromatic nitrogens is 2. The van der Waals surface area contributed by atoms with Gasteiger partial charge in [0.1, 0.15) is 27.4 Å². The molecule has 0 radical (unpaired) electrons. The number of hydrogen-bond donors (Lipinski definition) is 2. The van der Waals surface area contributed by atoms with Gasteiger partial charge in [0, 0.05) is 23.9 Å². The summed E-state index contributed by atoms with van der Waals surface area (Å²) >= 11 is 13.3. The lowest BCUT2D eigenvalue weighted by Gasteiger charge is -2.37. The highest BCUT2D eigenvalue weighted by molar-refractivity contribution is 6.42. The largest absolute Gasteiger partial charge is 0.495 e. The van der Waals surface area contributed by atoms with Gasteiger partial charge in [0.05, 0.1) is 37.8 Å². The molecule has 0 saturated heterocycles. The van der Waals surface area contributed by atoms with Gasteiger partial charge < -0.3 is 20.1 Å². The van der Waals surface area contributed by atoms with Gasteiger partial charge in [0.15, 0.2) is 0 Å². The number of hydrogen-bond acceptors (Lipinski definition) is 7. The molecule has 0 atom stereocenters. The highest BCUT2D eigenvalue weighted by Crippen LogP contribution is 2.49. The summed E-state index contributed by atoms with van der Waals surface area (Å²) < 4.78 is 10.8. The van der Waals surface area contributed by atoms with Crippen molar-refractivity contribution in [2.45, 2.75) is 25.4 Å². The monoisotopic (exact) mass is 554 g/mol. The molecule has 1 aliphatic carbocycles. The van der Waals surface area contributed by atoms with E-state index < -0.39 is 0 Å². The van der Waals surface area contributed by atoms with E-state index in [4.69, 9.17) is 37.7 Å². The van der Waals surface area contributed by atoms with E-state index in [1.807, 2.05) is 6.07 Å². The number of nitrogens with one attached hydrogen (secondary N) is 2. The quantitative estimate of drug-likeness (QED) is 0.340. The molecule has 196 valence electrons. The summed E-state index contributed by atoms with van der Waals surface area (Å²) in [6.07, 6.45) is 4.52. The number of nitrogens with zero attached hydrogens (tertiary/aromatic N) is 4. The zero-order valence-electron chi connectivity index (χ0n) is 20.6. The second-order valence-electron chi connectivity index (χ2n) is 8.63. The zero-order chi connectivity index (χ0) is 27.0. The van der Waals surface area contributed by atoms with Crippen LogP contribution < -0.4 is 29.9 Å². The van der Waals surface area contributed by atoms with Crippen molar-refractivity contribution in [3.8, 4) is 11.5 Å². The van der Waals surface area contributed by atoms with Gasteiger partial charge in [-0.3, -0.25) is 14.6 Å². The van der Waals surface area contributed by atoms with E-state index in [2.05, 4.69) is 22.2 Å². The van der Waals surface area contributed by atoms with E-state index >= 15 is 0 Å². The number of rotatable bonds is 8. The number of carbonyl (C=O) groups excluding carboxylic acids is 2. The van der Waals surface area contributed by atoms with E-state index in [0.717, 1.165) is 12.8 Å². The SMILES string of the molecule is C=CC(=O)Nc1ccccc1Nc1ncc2c(n1)N(C1CC1)C(=O)N(c1c(Cl)c(OC)cc(OC)c1Cl)C2. The molecule has 5 rings (SSSR count). The van der Waals surface area contributed by atoms with E-state index in [-0.39, 0.29) is 40.5 Å². The molecular weight excluding hydrogens is 531 g/mol. The molecule has 0 unspecified atom stereocenters. The zero-order valence-corrected chi connectivity index (χ0v) is 22.1. The molecule has 0 spiro atoms. The Morgan fingerprint density at radius 3 is 2.39 bits per heavy atom. The Balaban J connectivity index is 1.53. The maximum absolute atomic E-state index is 13.9. The first-order valence-corrected chi connectivity index (χ1v) is 12.5. The average molecular weight is 555 g/mol. The Hall–Kier alpha value is -4.02. The fraction of sp³-hybridized carbons (Fsp3) is 0.231. The third-order valence-corrected chi connectivity index (χ3v) is 6.92. The van der Waals surface area contributed by atoms with Crippen molar-refractivity contribution in [2.75, 3.05) is 34.7 Å². The average Bonchev–Trinajstić information content (AvgIpc) is 3.75. The van der Waals surface area contributed by atoms with Gasteiger partial charge in [-0.2, -0.15) is 4.98 Å². The van der Waals surface area contributed by atoms with Crippen LogP contribution in [0.5, 0.6) is 11.5 Å². The van der Waals surface area contributed by atoms with E-state index in [9.17, 15) is 9.59 Å². The normalized spacial score (nSPS) is 14.6. The topological polar surface area (TPSA) is 109 Å². The molecular formula is C26H24Cl2N6O4. The van der Waals surface area contributed by atoms with Crippen LogP contribution in [0.2, 0.25) is 10.0 Å². The highest BCUT2D eigenvalue weighted by Gasteiger charge is 2.43. The van der Waals surface area contributed by atoms with Crippen LogP contribution in [-0.4, -0.2) is 42.2 Å². The summed E-state index contributed by atoms with van der Waals surface area (Å²) in [6, 6.07) is 8.38. The Bertz CT molecular complexity index is 1420. The van der Waals surface area contributed by atoms with Gasteiger partial charge in [-0.1, -0.05) is 41.9 Å². The molecule has 1 saturated carbocycles. The van der Waals surface area contributed by atoms with E-state index in [1.165, 1.54) is 25.2 Å². The fourth-order valence-electron chi connectivity index (χ4n) is 4.19. The standard InChI is InChI=1S/C26H24Cl2N6O4/c1-4-20(35)30-16-7-5-6-8-17(16)31-25-29-12-14-13-33(26(36)34(15-9-10-15)24(14)32-25)23-21(27)18(37-2)11-19(38-3)22(23)28/h4-8,11-12,15H,1,9-10,13H2,2-3H3,(H,30,35)(H,29,31,32). The number of methoxy groups -OCH3 is 2. The van der Waals surface area contributed by atoms with Gasteiger partial charge in [-0.25, -0.2) is 9.78 Å². The lowest BCUT2D eigenvalue weighted by atomic mass is 10.1. The molecule has 2 heterocycles. The molecule has 3 amide bonds. The number of amides is 3. The lowest BCUT2D eigenvalue weighted by molar-refractivity contribution is -0.111. The summed E-state index contributed by atoms with van der Waals surface area (Å²) in [6.45, 7) is 3.62. The van der Waals surface area contributed by atoms with Crippen molar-refractivity contribution >= 4 is 64.0 Å². The maximum atomic E-state index is 13.9. The van der Waals surface area contributed by atoms with Crippen LogP contribution in [0.25, 0.3) is 0 Å². The summed E-state index contributed by atoms with van der Waals surface area (Å²) in [4.78, 5) is 38.0. The highest BCUT2D eigenvalue weighted by atomic mass is 35.5. The summed E-state index contributed by atoms with van der Waals surface area (Å²) in [7, 11) is 2.96. The number of benzene rings is 2. The number of fused-ring (bicyclic) bond motifs is 1. The minimum Gasteiger partial charge on any atom is -0.495 e. The number of urea groups is 1. The minimum absolute atomic E-state index is 0.0176. The molecule has 1 aromatic heterocycles. The van der Waals surface area contributed by atoms with Gasteiger partial charge in [0.2, 0.25) is 11.9 Å². The number of carbonyl (C=O) groups is 2. The summed E-state index contributed by atoms with van der Waals surface area (Å²) in [5, 5.41) is 6.28. The minimum atomic E-state index is -0.345. The maximum Gasteiger partial charge on any atom is 0.330 e. The second-order valence-corrected chi connectivity index (χ2v) is 9.39. The van der Waals surface area contributed by atoms with Crippen molar-refractivity contribution in [3.05, 3.63) is 64.8 Å². The molecule has 10 nitrogen and oxygen atoms in total. The Labute approximate surface area is 229 Å². The van der Waals surface area contributed by atoms with Gasteiger partial charge in [-0.15, -0.1) is 0 Å². The number of para-hydroxylation sites is 2. The third-order valence-electron chi connectivity index (χ3n) is 6.18. The predicted molar refractivity (Wildman–Crippen MR) is 147 cm³/mol. The van der Waals surface area contributed by atoms with Gasteiger partial charge in [0.25, 0.3) is 0 Å². The molecule has 12 heteroatoms. The smallest absolute Gasteiger partial charge is 0.330 e. The summed E-state index contributed by atoms with van der Waals surface area (Å²) in [5.74, 6) is 1.09. The molecule has 1 aliphatic heterocycles. The van der Waals surface area contributed by atoms with Gasteiger partial charge in [-0.05, 0) is 31.1 Å². The second kappa shape index (κ2) is 10.4. The van der Waals surface area contributed by atoms with Crippen LogP contribution in [0, 0.1) is 0 Å². The molecule has 1 fully saturated rings. The Kier molecular flexibility index (Phi) is 7.00. The first-order valence-electron chi connectivity index (χ1n) is 11.7. The van der Waals surface area contributed by atoms with Crippen LogP contribution in [0.4, 0.5) is 33.6 Å². The van der Waals surface area contributed by atoms with Crippen molar-refractivity contribution < 1.29 is 19.1 Å². The van der Waals surface area contributed by atoms with Crippen LogP contribution in [-0.2, 0) is 11.3 Å². The van der Waals surface area contributed by atoms with Crippen LogP contribution in [0.15, 0.2) is 49.2 Å². The van der Waals surface area contributed by atoms with Crippen molar-refractivity contribution in [2.24, 2.45) is 0 Å². The Morgan fingerprint density at radius 2 is 1.79 bits per heavy atom. The van der Waals surface area contributed by atoms with Crippen molar-refractivity contribution in [3.63, 3.8) is 0 Å².